The molecular formula is C16H31N3O. The maximum absolute atomic E-state index is 5.96. The maximum atomic E-state index is 5.96. The fourth-order valence-corrected chi connectivity index (χ4v) is 2.76. The zero-order chi connectivity index (χ0) is 15.0. The van der Waals surface area contributed by atoms with Gasteiger partial charge in [-0.1, -0.05) is 20.3 Å². The van der Waals surface area contributed by atoms with Crippen molar-refractivity contribution in [1.29, 1.82) is 0 Å². The first-order chi connectivity index (χ1) is 9.65. The van der Waals surface area contributed by atoms with E-state index in [-0.39, 0.29) is 6.10 Å². The highest BCUT2D eigenvalue weighted by molar-refractivity contribution is 5.11. The summed E-state index contributed by atoms with van der Waals surface area (Å²) in [5, 5.41) is 8.14. The minimum absolute atomic E-state index is 0.283. The molecule has 0 aliphatic heterocycles. The first kappa shape index (κ1) is 17.2. The highest BCUT2D eigenvalue weighted by Crippen LogP contribution is 2.14. The number of hydrogen-bond donors (Lipinski definition) is 1. The smallest absolute Gasteiger partial charge is 0.0731 e. The Hall–Kier alpha value is -0.870. The van der Waals surface area contributed by atoms with Crippen molar-refractivity contribution in [1.82, 2.24) is 15.1 Å². The predicted molar refractivity (Wildman–Crippen MR) is 84.1 cm³/mol. The molecule has 0 saturated carbocycles. The number of aryl methyl sites for hydroxylation is 2. The van der Waals surface area contributed by atoms with Gasteiger partial charge in [-0.2, -0.15) is 5.10 Å². The second kappa shape index (κ2) is 9.14. The number of ether oxygens (including phenoxy) is 1. The number of likely N-dealkylation sites (N-methyl/N-ethyl adjacent to an activating group) is 1. The highest BCUT2D eigenvalue weighted by atomic mass is 16.5. The number of nitrogens with zero attached hydrogens (tertiary/aromatic N) is 2. The molecule has 4 nitrogen and oxygen atoms in total. The first-order valence-electron chi connectivity index (χ1n) is 8.04. The van der Waals surface area contributed by atoms with E-state index in [4.69, 9.17) is 4.74 Å². The van der Waals surface area contributed by atoms with E-state index in [2.05, 4.69) is 55.8 Å². The predicted octanol–water partition coefficient (Wildman–Crippen LogP) is 2.94. The molecule has 1 heterocycles. The van der Waals surface area contributed by atoms with Crippen LogP contribution in [0.3, 0.4) is 0 Å². The Labute approximate surface area is 123 Å². The molecule has 1 aromatic heterocycles. The van der Waals surface area contributed by atoms with Crippen LogP contribution in [0.1, 0.15) is 51.9 Å². The minimum atomic E-state index is 0.283. The Kier molecular flexibility index (Phi) is 7.85. The number of hydrogen-bond acceptors (Lipinski definition) is 3. The lowest BCUT2D eigenvalue weighted by Gasteiger charge is -2.27. The van der Waals surface area contributed by atoms with Gasteiger partial charge >= 0.3 is 0 Å². The molecule has 2 atom stereocenters. The molecule has 0 aromatic carbocycles. The van der Waals surface area contributed by atoms with Crippen LogP contribution in [0, 0.1) is 6.92 Å². The van der Waals surface area contributed by atoms with Crippen molar-refractivity contribution in [3.63, 3.8) is 0 Å². The van der Waals surface area contributed by atoms with Gasteiger partial charge in [0.25, 0.3) is 0 Å². The van der Waals surface area contributed by atoms with E-state index in [1.54, 1.807) is 0 Å². The van der Waals surface area contributed by atoms with Gasteiger partial charge in [-0.05, 0) is 39.8 Å². The van der Waals surface area contributed by atoms with Crippen molar-refractivity contribution >= 4 is 0 Å². The van der Waals surface area contributed by atoms with E-state index in [0.29, 0.717) is 6.04 Å². The van der Waals surface area contributed by atoms with E-state index in [9.17, 15) is 0 Å². The van der Waals surface area contributed by atoms with Crippen LogP contribution in [0.2, 0.25) is 0 Å². The largest absolute Gasteiger partial charge is 0.377 e. The third-order valence-corrected chi connectivity index (χ3v) is 3.58. The minimum Gasteiger partial charge on any atom is -0.377 e. The van der Waals surface area contributed by atoms with Gasteiger partial charge in [0.15, 0.2) is 0 Å². The Morgan fingerprint density at radius 3 is 2.60 bits per heavy atom. The molecule has 0 amide bonds. The number of nitrogens with one attached hydrogen (secondary N) is 1. The normalized spacial score (nSPS) is 14.4. The van der Waals surface area contributed by atoms with Crippen LogP contribution >= 0.6 is 0 Å². The molecule has 2 unspecified atom stereocenters. The molecule has 4 heteroatoms. The number of rotatable bonds is 10. The van der Waals surface area contributed by atoms with Crippen molar-refractivity contribution in [2.24, 2.45) is 0 Å². The Morgan fingerprint density at radius 1 is 1.30 bits per heavy atom. The molecule has 0 spiro atoms. The SMILES string of the molecule is CCCC(OCC)C(Cc1cc(C)nn1CC)NCC. The lowest BCUT2D eigenvalue weighted by Crippen LogP contribution is -2.43. The van der Waals surface area contributed by atoms with Crippen molar-refractivity contribution in [3.8, 4) is 0 Å². The summed E-state index contributed by atoms with van der Waals surface area (Å²) in [4.78, 5) is 0. The van der Waals surface area contributed by atoms with Crippen molar-refractivity contribution in [2.75, 3.05) is 13.2 Å². The van der Waals surface area contributed by atoms with Crippen LogP contribution < -0.4 is 5.32 Å². The van der Waals surface area contributed by atoms with E-state index in [0.717, 1.165) is 44.7 Å². The molecule has 116 valence electrons. The van der Waals surface area contributed by atoms with Crippen LogP contribution in [0.5, 0.6) is 0 Å². The molecule has 1 N–H and O–H groups in total. The summed E-state index contributed by atoms with van der Waals surface area (Å²) in [6, 6.07) is 2.56. The van der Waals surface area contributed by atoms with Crippen LogP contribution in [0.25, 0.3) is 0 Å². The van der Waals surface area contributed by atoms with E-state index in [1.165, 1.54) is 5.69 Å². The average molecular weight is 281 g/mol. The maximum Gasteiger partial charge on any atom is 0.0731 e. The number of aromatic nitrogens is 2. The molecule has 20 heavy (non-hydrogen) atoms. The lowest BCUT2D eigenvalue weighted by molar-refractivity contribution is 0.0281. The zero-order valence-electron chi connectivity index (χ0n) is 13.8. The third-order valence-electron chi connectivity index (χ3n) is 3.58. The third kappa shape index (κ3) is 4.91. The molecular weight excluding hydrogens is 250 g/mol. The standard InChI is InChI=1S/C16H31N3O/c1-6-10-16(20-9-4)15(17-7-2)12-14-11-13(5)18-19(14)8-3/h11,15-17H,6-10,12H2,1-5H3. The molecule has 0 fully saturated rings. The van der Waals surface area contributed by atoms with E-state index in [1.807, 2.05) is 0 Å². The highest BCUT2D eigenvalue weighted by Gasteiger charge is 2.22. The van der Waals surface area contributed by atoms with Crippen LogP contribution in [-0.2, 0) is 17.7 Å². The molecule has 0 radical (unpaired) electrons. The van der Waals surface area contributed by atoms with Gasteiger partial charge in [0.1, 0.15) is 0 Å². The lowest BCUT2D eigenvalue weighted by atomic mass is 10.0. The topological polar surface area (TPSA) is 39.1 Å². The first-order valence-corrected chi connectivity index (χ1v) is 8.04. The summed E-state index contributed by atoms with van der Waals surface area (Å²) < 4.78 is 8.06. The zero-order valence-corrected chi connectivity index (χ0v) is 13.8. The molecule has 0 aliphatic carbocycles. The van der Waals surface area contributed by atoms with Crippen molar-refractivity contribution < 1.29 is 4.74 Å². The van der Waals surface area contributed by atoms with Crippen LogP contribution in [0.15, 0.2) is 6.07 Å². The summed E-state index contributed by atoms with van der Waals surface area (Å²) in [5.41, 5.74) is 2.40. The molecule has 0 saturated heterocycles. The fraction of sp³-hybridized carbons (Fsp3) is 0.812. The molecule has 0 bridgehead atoms. The van der Waals surface area contributed by atoms with Crippen molar-refractivity contribution in [2.45, 2.75) is 72.6 Å². The van der Waals surface area contributed by atoms with Gasteiger partial charge in [-0.15, -0.1) is 0 Å². The summed E-state index contributed by atoms with van der Waals surface area (Å²) in [7, 11) is 0. The summed E-state index contributed by atoms with van der Waals surface area (Å²) in [6.45, 7) is 13.3. The average Bonchev–Trinajstić information content (AvgIpc) is 2.78. The van der Waals surface area contributed by atoms with E-state index < -0.39 is 0 Å². The van der Waals surface area contributed by atoms with Gasteiger partial charge < -0.3 is 10.1 Å². The molecule has 1 aromatic rings. The quantitative estimate of drug-likeness (QED) is 0.716. The van der Waals surface area contributed by atoms with Gasteiger partial charge in [-0.25, -0.2) is 0 Å². The second-order valence-corrected chi connectivity index (χ2v) is 5.24. The van der Waals surface area contributed by atoms with Crippen LogP contribution in [0.4, 0.5) is 0 Å². The van der Waals surface area contributed by atoms with Crippen LogP contribution in [-0.4, -0.2) is 35.1 Å². The Morgan fingerprint density at radius 2 is 2.05 bits per heavy atom. The summed E-state index contributed by atoms with van der Waals surface area (Å²) in [6.07, 6.45) is 3.52. The monoisotopic (exact) mass is 281 g/mol. The van der Waals surface area contributed by atoms with E-state index >= 15 is 0 Å². The molecule has 1 rings (SSSR count). The van der Waals surface area contributed by atoms with Crippen molar-refractivity contribution in [3.05, 3.63) is 17.5 Å². The summed E-state index contributed by atoms with van der Waals surface area (Å²) in [5.74, 6) is 0. The second-order valence-electron chi connectivity index (χ2n) is 5.24. The van der Waals surface area contributed by atoms with Gasteiger partial charge in [0.2, 0.25) is 0 Å². The van der Waals surface area contributed by atoms with Gasteiger partial charge in [-0.3, -0.25) is 4.68 Å². The fourth-order valence-electron chi connectivity index (χ4n) is 2.76. The molecule has 0 aliphatic rings. The van der Waals surface area contributed by atoms with Gasteiger partial charge in [0, 0.05) is 31.3 Å². The Bertz CT molecular complexity index is 370. The Balaban J connectivity index is 2.83. The summed E-state index contributed by atoms with van der Waals surface area (Å²) >= 11 is 0. The van der Waals surface area contributed by atoms with Gasteiger partial charge in [0.05, 0.1) is 11.8 Å².